The average molecular weight is 527 g/mol. The predicted molar refractivity (Wildman–Crippen MR) is 160 cm³/mol. The number of rotatable bonds is 13. The molecule has 7 heteroatoms. The molecule has 0 bridgehead atoms. The molecule has 0 atom stereocenters. The number of nitrogens with one attached hydrogen (secondary N) is 2. The monoisotopic (exact) mass is 526 g/mol. The SMILES string of the molecule is C=C(NCCc1ccccc1)N(CCCN1CCC(C)CC1)Cc1ccc(C(=O)Nc2ccccc2N)nc1. The van der Waals surface area contributed by atoms with Crippen LogP contribution in [-0.4, -0.2) is 53.4 Å². The number of carbonyl (C=O) groups excluding carboxylic acids is 1. The average Bonchev–Trinajstić information content (AvgIpc) is 2.95. The van der Waals surface area contributed by atoms with Gasteiger partial charge in [0.2, 0.25) is 0 Å². The zero-order valence-electron chi connectivity index (χ0n) is 23.1. The van der Waals surface area contributed by atoms with Gasteiger partial charge < -0.3 is 26.2 Å². The standard InChI is InChI=1S/C32H42N6O/c1-25-16-21-37(22-17-25)19-8-20-38(26(2)34-18-15-27-9-4-3-5-10-27)24-28-13-14-31(35-23-28)32(39)36-30-12-7-6-11-29(30)33/h3-7,9-14,23,25,34H,2,8,15-22,24,33H2,1H3,(H,36,39). The summed E-state index contributed by atoms with van der Waals surface area (Å²) >= 11 is 0. The number of piperidine rings is 1. The van der Waals surface area contributed by atoms with Crippen molar-refractivity contribution in [3.8, 4) is 0 Å². The van der Waals surface area contributed by atoms with E-state index in [1.165, 1.54) is 31.5 Å². The van der Waals surface area contributed by atoms with Crippen LogP contribution in [0.2, 0.25) is 0 Å². The number of nitrogens with zero attached hydrogens (tertiary/aromatic N) is 3. The molecule has 1 aromatic heterocycles. The van der Waals surface area contributed by atoms with Gasteiger partial charge in [-0.15, -0.1) is 0 Å². The van der Waals surface area contributed by atoms with Crippen LogP contribution >= 0.6 is 0 Å². The van der Waals surface area contributed by atoms with Gasteiger partial charge in [0.1, 0.15) is 5.69 Å². The Hall–Kier alpha value is -3.84. The summed E-state index contributed by atoms with van der Waals surface area (Å²) in [7, 11) is 0. The zero-order valence-corrected chi connectivity index (χ0v) is 23.1. The van der Waals surface area contributed by atoms with Crippen molar-refractivity contribution in [1.29, 1.82) is 0 Å². The number of carbonyl (C=O) groups is 1. The van der Waals surface area contributed by atoms with Gasteiger partial charge in [-0.05, 0) is 80.6 Å². The second kappa shape index (κ2) is 14.4. The lowest BCUT2D eigenvalue weighted by Crippen LogP contribution is -2.37. The number of likely N-dealkylation sites (tertiary alicyclic amines) is 1. The highest BCUT2D eigenvalue weighted by atomic mass is 16.1. The Labute approximate surface area is 233 Å². The highest BCUT2D eigenvalue weighted by Gasteiger charge is 2.16. The van der Waals surface area contributed by atoms with Crippen molar-refractivity contribution in [3.05, 3.63) is 102 Å². The summed E-state index contributed by atoms with van der Waals surface area (Å²) in [5, 5.41) is 6.37. The van der Waals surface area contributed by atoms with E-state index in [1.807, 2.05) is 24.3 Å². The van der Waals surface area contributed by atoms with Gasteiger partial charge in [-0.2, -0.15) is 0 Å². The Morgan fingerprint density at radius 3 is 2.51 bits per heavy atom. The predicted octanol–water partition coefficient (Wildman–Crippen LogP) is 5.14. The summed E-state index contributed by atoms with van der Waals surface area (Å²) in [5.41, 5.74) is 9.76. The normalized spacial score (nSPS) is 14.1. The van der Waals surface area contributed by atoms with Crippen LogP contribution in [-0.2, 0) is 13.0 Å². The fraction of sp³-hybridized carbons (Fsp3) is 0.375. The molecule has 1 aliphatic rings. The minimum absolute atomic E-state index is 0.279. The minimum Gasteiger partial charge on any atom is -0.397 e. The van der Waals surface area contributed by atoms with Crippen LogP contribution in [0.1, 0.15) is 47.8 Å². The maximum absolute atomic E-state index is 12.7. The fourth-order valence-electron chi connectivity index (χ4n) is 4.86. The van der Waals surface area contributed by atoms with Gasteiger partial charge in [0.05, 0.1) is 17.2 Å². The van der Waals surface area contributed by atoms with E-state index in [9.17, 15) is 4.79 Å². The molecule has 0 radical (unpaired) electrons. The number of pyridine rings is 1. The van der Waals surface area contributed by atoms with E-state index < -0.39 is 0 Å². The lowest BCUT2D eigenvalue weighted by molar-refractivity contribution is 0.102. The molecule has 0 unspecified atom stereocenters. The van der Waals surface area contributed by atoms with Crippen molar-refractivity contribution in [1.82, 2.24) is 20.1 Å². The first kappa shape index (κ1) is 28.2. The van der Waals surface area contributed by atoms with Gasteiger partial charge in [0.15, 0.2) is 0 Å². The number of hydrogen-bond acceptors (Lipinski definition) is 6. The molecular formula is C32H42N6O. The molecular weight excluding hydrogens is 484 g/mol. The second-order valence-electron chi connectivity index (χ2n) is 10.5. The third-order valence-electron chi connectivity index (χ3n) is 7.39. The van der Waals surface area contributed by atoms with Gasteiger partial charge in [0, 0.05) is 25.8 Å². The van der Waals surface area contributed by atoms with Gasteiger partial charge in [-0.1, -0.05) is 62.0 Å². The van der Waals surface area contributed by atoms with E-state index >= 15 is 0 Å². The van der Waals surface area contributed by atoms with Gasteiger partial charge in [-0.25, -0.2) is 0 Å². The van der Waals surface area contributed by atoms with E-state index in [0.717, 1.165) is 49.8 Å². The number of nitrogen functional groups attached to an aromatic ring is 1. The van der Waals surface area contributed by atoms with Crippen molar-refractivity contribution in [2.24, 2.45) is 5.92 Å². The first-order chi connectivity index (χ1) is 19.0. The number of aromatic nitrogens is 1. The van der Waals surface area contributed by atoms with Crippen molar-refractivity contribution >= 4 is 17.3 Å². The van der Waals surface area contributed by atoms with Crippen molar-refractivity contribution in [2.45, 2.75) is 39.2 Å². The first-order valence-corrected chi connectivity index (χ1v) is 14.0. The number of amides is 1. The van der Waals surface area contributed by atoms with Gasteiger partial charge in [-0.3, -0.25) is 9.78 Å². The summed E-state index contributed by atoms with van der Waals surface area (Å²) in [6, 6.07) is 21.4. The van der Waals surface area contributed by atoms with E-state index in [4.69, 9.17) is 5.73 Å². The van der Waals surface area contributed by atoms with Gasteiger partial charge >= 0.3 is 0 Å². The number of hydrogen-bond donors (Lipinski definition) is 3. The van der Waals surface area contributed by atoms with Crippen molar-refractivity contribution in [2.75, 3.05) is 43.8 Å². The Balaban J connectivity index is 1.34. The van der Waals surface area contributed by atoms with Crippen molar-refractivity contribution < 1.29 is 4.79 Å². The van der Waals surface area contributed by atoms with E-state index in [0.29, 0.717) is 23.6 Å². The van der Waals surface area contributed by atoms with Crippen LogP contribution in [0.3, 0.4) is 0 Å². The maximum Gasteiger partial charge on any atom is 0.274 e. The number of nitrogens with two attached hydrogens (primary N) is 1. The molecule has 1 saturated heterocycles. The Kier molecular flexibility index (Phi) is 10.4. The molecule has 1 fully saturated rings. The summed E-state index contributed by atoms with van der Waals surface area (Å²) in [6.07, 6.45) is 6.37. The molecule has 4 rings (SSSR count). The van der Waals surface area contributed by atoms with E-state index in [-0.39, 0.29) is 5.91 Å². The zero-order chi connectivity index (χ0) is 27.5. The number of benzene rings is 2. The number of anilines is 2. The molecule has 206 valence electrons. The second-order valence-corrected chi connectivity index (χ2v) is 10.5. The molecule has 0 spiro atoms. The Bertz CT molecular complexity index is 1190. The van der Waals surface area contributed by atoms with Crippen LogP contribution in [0.4, 0.5) is 11.4 Å². The van der Waals surface area contributed by atoms with E-state index in [2.05, 4.69) is 63.2 Å². The molecule has 1 aliphatic heterocycles. The topological polar surface area (TPSA) is 86.5 Å². The lowest BCUT2D eigenvalue weighted by Gasteiger charge is -2.32. The number of para-hydroxylation sites is 2. The molecule has 2 aromatic carbocycles. The Morgan fingerprint density at radius 2 is 1.79 bits per heavy atom. The summed E-state index contributed by atoms with van der Waals surface area (Å²) in [5.74, 6) is 1.48. The molecule has 39 heavy (non-hydrogen) atoms. The molecule has 7 nitrogen and oxygen atoms in total. The largest absolute Gasteiger partial charge is 0.397 e. The quantitative estimate of drug-likeness (QED) is 0.267. The summed E-state index contributed by atoms with van der Waals surface area (Å²) < 4.78 is 0. The third kappa shape index (κ3) is 8.86. The van der Waals surface area contributed by atoms with Crippen molar-refractivity contribution in [3.63, 3.8) is 0 Å². The lowest BCUT2D eigenvalue weighted by atomic mass is 9.99. The fourth-order valence-corrected chi connectivity index (χ4v) is 4.86. The van der Waals surface area contributed by atoms with Gasteiger partial charge in [0.25, 0.3) is 5.91 Å². The highest BCUT2D eigenvalue weighted by Crippen LogP contribution is 2.19. The van der Waals surface area contributed by atoms with Crippen LogP contribution in [0, 0.1) is 5.92 Å². The molecule has 0 aliphatic carbocycles. The maximum atomic E-state index is 12.7. The molecule has 3 aromatic rings. The molecule has 1 amide bonds. The highest BCUT2D eigenvalue weighted by molar-refractivity contribution is 6.04. The minimum atomic E-state index is -0.279. The smallest absolute Gasteiger partial charge is 0.274 e. The van der Waals surface area contributed by atoms with E-state index in [1.54, 1.807) is 24.4 Å². The molecule has 2 heterocycles. The third-order valence-corrected chi connectivity index (χ3v) is 7.39. The first-order valence-electron chi connectivity index (χ1n) is 14.0. The van der Waals surface area contributed by atoms with Crippen LogP contribution in [0.15, 0.2) is 85.3 Å². The van der Waals surface area contributed by atoms with Crippen LogP contribution in [0.25, 0.3) is 0 Å². The Morgan fingerprint density at radius 1 is 1.05 bits per heavy atom. The molecule has 0 saturated carbocycles. The van der Waals surface area contributed by atoms with Crippen LogP contribution < -0.4 is 16.4 Å². The van der Waals surface area contributed by atoms with Crippen LogP contribution in [0.5, 0.6) is 0 Å². The summed E-state index contributed by atoms with van der Waals surface area (Å²) in [6.45, 7) is 12.6. The molecule has 4 N–H and O–H groups in total. The summed E-state index contributed by atoms with van der Waals surface area (Å²) in [4.78, 5) is 22.0.